The maximum Gasteiger partial charge on any atom is 0.108 e. The molecule has 1 atom stereocenters. The zero-order valence-electron chi connectivity index (χ0n) is 8.41. The Morgan fingerprint density at radius 2 is 2.14 bits per heavy atom. The molecule has 1 aliphatic heterocycles. The van der Waals surface area contributed by atoms with Crippen molar-refractivity contribution in [2.75, 3.05) is 13.2 Å². The van der Waals surface area contributed by atoms with E-state index in [-0.39, 0.29) is 6.23 Å². The van der Waals surface area contributed by atoms with E-state index in [4.69, 9.17) is 4.74 Å². The summed E-state index contributed by atoms with van der Waals surface area (Å²) in [4.78, 5) is 0. The van der Waals surface area contributed by atoms with Crippen molar-refractivity contribution in [3.8, 4) is 0 Å². The number of aryl methyl sites for hydroxylation is 1. The van der Waals surface area contributed by atoms with Gasteiger partial charge in [0.15, 0.2) is 0 Å². The maximum atomic E-state index is 5.59. The fraction of sp³-hybridized carbons (Fsp3) is 0.500. The second-order valence-corrected chi connectivity index (χ2v) is 3.69. The fourth-order valence-corrected chi connectivity index (χ4v) is 1.75. The van der Waals surface area contributed by atoms with E-state index in [0.717, 1.165) is 32.4 Å². The number of nitrogens with one attached hydrogen (secondary N) is 1. The SMILES string of the molecule is c1ccc(CCC2NCCCO2)cc1. The number of rotatable bonds is 3. The monoisotopic (exact) mass is 191 g/mol. The van der Waals surface area contributed by atoms with Crippen LogP contribution in [0, 0.1) is 0 Å². The summed E-state index contributed by atoms with van der Waals surface area (Å²) >= 11 is 0. The summed E-state index contributed by atoms with van der Waals surface area (Å²) in [6.07, 6.45) is 3.58. The van der Waals surface area contributed by atoms with Gasteiger partial charge in [-0.1, -0.05) is 30.3 Å². The highest BCUT2D eigenvalue weighted by molar-refractivity contribution is 5.14. The first kappa shape index (κ1) is 9.69. The summed E-state index contributed by atoms with van der Waals surface area (Å²) in [5, 5.41) is 3.37. The van der Waals surface area contributed by atoms with Gasteiger partial charge in [-0.2, -0.15) is 0 Å². The quantitative estimate of drug-likeness (QED) is 0.788. The van der Waals surface area contributed by atoms with E-state index in [1.807, 2.05) is 0 Å². The number of ether oxygens (including phenoxy) is 1. The van der Waals surface area contributed by atoms with Gasteiger partial charge in [0.25, 0.3) is 0 Å². The average Bonchev–Trinajstić information content (AvgIpc) is 2.29. The number of hydrogen-bond donors (Lipinski definition) is 1. The lowest BCUT2D eigenvalue weighted by Gasteiger charge is -2.24. The van der Waals surface area contributed by atoms with Crippen LogP contribution in [0.25, 0.3) is 0 Å². The lowest BCUT2D eigenvalue weighted by atomic mass is 10.1. The van der Waals surface area contributed by atoms with Gasteiger partial charge >= 0.3 is 0 Å². The van der Waals surface area contributed by atoms with Gasteiger partial charge in [-0.05, 0) is 31.4 Å². The smallest absolute Gasteiger partial charge is 0.108 e. The molecule has 1 unspecified atom stereocenters. The van der Waals surface area contributed by atoms with Crippen molar-refractivity contribution in [3.05, 3.63) is 35.9 Å². The van der Waals surface area contributed by atoms with Crippen LogP contribution in [0.3, 0.4) is 0 Å². The first-order valence-electron chi connectivity index (χ1n) is 5.34. The van der Waals surface area contributed by atoms with Crippen LogP contribution >= 0.6 is 0 Å². The number of hydrogen-bond acceptors (Lipinski definition) is 2. The standard InChI is InChI=1S/C12H17NO/c1-2-5-11(6-3-1)7-8-12-13-9-4-10-14-12/h1-3,5-6,12-13H,4,7-10H2. The van der Waals surface area contributed by atoms with Crippen molar-refractivity contribution in [1.82, 2.24) is 5.32 Å². The summed E-state index contributed by atoms with van der Waals surface area (Å²) in [6.45, 7) is 2.01. The van der Waals surface area contributed by atoms with Gasteiger partial charge in [0.05, 0.1) is 0 Å². The van der Waals surface area contributed by atoms with Gasteiger partial charge in [0.1, 0.15) is 6.23 Å². The van der Waals surface area contributed by atoms with E-state index in [2.05, 4.69) is 35.6 Å². The second kappa shape index (κ2) is 5.13. The zero-order valence-corrected chi connectivity index (χ0v) is 8.41. The van der Waals surface area contributed by atoms with Gasteiger partial charge in [-0.3, -0.25) is 5.32 Å². The largest absolute Gasteiger partial charge is 0.363 e. The van der Waals surface area contributed by atoms with E-state index in [9.17, 15) is 0 Å². The first-order chi connectivity index (χ1) is 6.95. The van der Waals surface area contributed by atoms with Crippen molar-refractivity contribution >= 4 is 0 Å². The lowest BCUT2D eigenvalue weighted by Crippen LogP contribution is -2.38. The molecule has 0 bridgehead atoms. The summed E-state index contributed by atoms with van der Waals surface area (Å²) in [5.74, 6) is 0. The predicted octanol–water partition coefficient (Wildman–Crippen LogP) is 1.96. The third kappa shape index (κ3) is 2.82. The lowest BCUT2D eigenvalue weighted by molar-refractivity contribution is -0.00337. The molecule has 0 radical (unpaired) electrons. The maximum absolute atomic E-state index is 5.59. The minimum absolute atomic E-state index is 0.268. The molecule has 2 rings (SSSR count). The summed E-state index contributed by atoms with van der Waals surface area (Å²) in [7, 11) is 0. The Morgan fingerprint density at radius 1 is 1.29 bits per heavy atom. The molecule has 76 valence electrons. The molecule has 1 saturated heterocycles. The Labute approximate surface area is 85.3 Å². The normalized spacial score (nSPS) is 22.1. The van der Waals surface area contributed by atoms with Crippen LogP contribution in [0.1, 0.15) is 18.4 Å². The molecule has 14 heavy (non-hydrogen) atoms. The van der Waals surface area contributed by atoms with Crippen molar-refractivity contribution in [2.45, 2.75) is 25.5 Å². The third-order valence-electron chi connectivity index (χ3n) is 2.55. The zero-order chi connectivity index (χ0) is 9.64. The summed E-state index contributed by atoms with van der Waals surface area (Å²) < 4.78 is 5.59. The molecule has 1 aromatic rings. The molecule has 0 amide bonds. The highest BCUT2D eigenvalue weighted by Crippen LogP contribution is 2.08. The van der Waals surface area contributed by atoms with E-state index in [0.29, 0.717) is 0 Å². The van der Waals surface area contributed by atoms with Gasteiger partial charge in [-0.15, -0.1) is 0 Å². The Bertz CT molecular complexity index is 254. The molecule has 2 heteroatoms. The Kier molecular flexibility index (Phi) is 3.55. The molecular formula is C12H17NO. The molecule has 1 N–H and O–H groups in total. The van der Waals surface area contributed by atoms with Crippen LogP contribution in [-0.2, 0) is 11.2 Å². The molecule has 1 aliphatic rings. The van der Waals surface area contributed by atoms with Crippen LogP contribution in [0.15, 0.2) is 30.3 Å². The molecule has 0 aromatic heterocycles. The number of benzene rings is 1. The Hall–Kier alpha value is -0.860. The van der Waals surface area contributed by atoms with Crippen LogP contribution < -0.4 is 5.32 Å². The third-order valence-corrected chi connectivity index (χ3v) is 2.55. The van der Waals surface area contributed by atoms with Crippen LogP contribution in [0.2, 0.25) is 0 Å². The van der Waals surface area contributed by atoms with E-state index < -0.39 is 0 Å². The average molecular weight is 191 g/mol. The molecule has 0 saturated carbocycles. The van der Waals surface area contributed by atoms with Gasteiger partial charge < -0.3 is 4.74 Å². The Morgan fingerprint density at radius 3 is 2.86 bits per heavy atom. The summed E-state index contributed by atoms with van der Waals surface area (Å²) in [6, 6.07) is 10.6. The topological polar surface area (TPSA) is 21.3 Å². The van der Waals surface area contributed by atoms with E-state index >= 15 is 0 Å². The Balaban J connectivity index is 1.76. The first-order valence-corrected chi connectivity index (χ1v) is 5.34. The van der Waals surface area contributed by atoms with Crippen molar-refractivity contribution in [2.24, 2.45) is 0 Å². The predicted molar refractivity (Wildman–Crippen MR) is 57.1 cm³/mol. The van der Waals surface area contributed by atoms with Crippen molar-refractivity contribution in [1.29, 1.82) is 0 Å². The second-order valence-electron chi connectivity index (χ2n) is 3.69. The van der Waals surface area contributed by atoms with Crippen LogP contribution in [0.5, 0.6) is 0 Å². The molecular weight excluding hydrogens is 174 g/mol. The van der Waals surface area contributed by atoms with Crippen molar-refractivity contribution < 1.29 is 4.74 Å². The highest BCUT2D eigenvalue weighted by Gasteiger charge is 2.11. The van der Waals surface area contributed by atoms with Crippen LogP contribution in [-0.4, -0.2) is 19.4 Å². The van der Waals surface area contributed by atoms with Crippen LogP contribution in [0.4, 0.5) is 0 Å². The molecule has 2 nitrogen and oxygen atoms in total. The fourth-order valence-electron chi connectivity index (χ4n) is 1.75. The molecule has 0 spiro atoms. The van der Waals surface area contributed by atoms with E-state index in [1.165, 1.54) is 5.56 Å². The molecule has 1 heterocycles. The summed E-state index contributed by atoms with van der Waals surface area (Å²) in [5.41, 5.74) is 1.39. The van der Waals surface area contributed by atoms with Gasteiger partial charge in [0, 0.05) is 6.61 Å². The molecule has 1 fully saturated rings. The van der Waals surface area contributed by atoms with Gasteiger partial charge in [-0.25, -0.2) is 0 Å². The molecule has 0 aliphatic carbocycles. The highest BCUT2D eigenvalue weighted by atomic mass is 16.5. The minimum atomic E-state index is 0.268. The van der Waals surface area contributed by atoms with Gasteiger partial charge in [0.2, 0.25) is 0 Å². The van der Waals surface area contributed by atoms with E-state index in [1.54, 1.807) is 0 Å². The molecule has 1 aromatic carbocycles. The van der Waals surface area contributed by atoms with Crippen molar-refractivity contribution in [3.63, 3.8) is 0 Å². The minimum Gasteiger partial charge on any atom is -0.363 e.